The molecule has 3 aromatic rings. The molecule has 0 fully saturated rings. The molecule has 6 heteroatoms. The number of amides is 1. The van der Waals surface area contributed by atoms with Crippen molar-refractivity contribution in [3.8, 4) is 5.75 Å². The molecule has 0 bridgehead atoms. The van der Waals surface area contributed by atoms with Gasteiger partial charge in [-0.3, -0.25) is 9.78 Å². The molecule has 0 aliphatic rings. The molecule has 1 aromatic heterocycles. The number of aromatic nitrogens is 1. The van der Waals surface area contributed by atoms with E-state index < -0.39 is 5.91 Å². The highest BCUT2D eigenvalue weighted by molar-refractivity contribution is 6.30. The maximum atomic E-state index is 11.8. The number of primary amides is 1. The molecule has 132 valence electrons. The number of pyridine rings is 1. The zero-order valence-electron chi connectivity index (χ0n) is 14.2. The third kappa shape index (κ3) is 3.95. The fourth-order valence-electron chi connectivity index (χ4n) is 2.71. The quantitative estimate of drug-likeness (QED) is 0.709. The Morgan fingerprint density at radius 3 is 2.62 bits per heavy atom. The van der Waals surface area contributed by atoms with E-state index in [1.54, 1.807) is 24.5 Å². The van der Waals surface area contributed by atoms with Crippen molar-refractivity contribution in [2.75, 3.05) is 12.0 Å². The molecule has 2 aromatic carbocycles. The second-order valence-corrected chi connectivity index (χ2v) is 6.11. The van der Waals surface area contributed by atoms with Gasteiger partial charge in [-0.25, -0.2) is 0 Å². The molecule has 0 radical (unpaired) electrons. The summed E-state index contributed by atoms with van der Waals surface area (Å²) in [5.74, 6) is -0.107. The van der Waals surface area contributed by atoms with Crippen LogP contribution in [-0.2, 0) is 6.54 Å². The lowest BCUT2D eigenvalue weighted by molar-refractivity contribution is 0.0997. The lowest BCUT2D eigenvalue weighted by Gasteiger charge is -2.26. The van der Waals surface area contributed by atoms with Crippen LogP contribution < -0.4 is 15.4 Å². The minimum absolute atomic E-state index is 0.322. The summed E-state index contributed by atoms with van der Waals surface area (Å²) in [7, 11) is 1.51. The number of halogens is 1. The number of carbonyl (C=O) groups is 1. The predicted molar refractivity (Wildman–Crippen MR) is 103 cm³/mol. The van der Waals surface area contributed by atoms with E-state index in [1.165, 1.54) is 7.11 Å². The molecule has 1 heterocycles. The molecule has 26 heavy (non-hydrogen) atoms. The zero-order chi connectivity index (χ0) is 18.5. The lowest BCUT2D eigenvalue weighted by Crippen LogP contribution is -2.18. The van der Waals surface area contributed by atoms with Crippen LogP contribution in [0.15, 0.2) is 67.0 Å². The summed E-state index contributed by atoms with van der Waals surface area (Å²) in [5, 5.41) is 0.627. The minimum atomic E-state index is -0.545. The van der Waals surface area contributed by atoms with Gasteiger partial charge in [-0.05, 0) is 48.0 Å². The highest BCUT2D eigenvalue weighted by Gasteiger charge is 2.16. The summed E-state index contributed by atoms with van der Waals surface area (Å²) in [5.41, 5.74) is 8.53. The Kier molecular flexibility index (Phi) is 5.39. The molecular weight excluding hydrogens is 350 g/mol. The van der Waals surface area contributed by atoms with Gasteiger partial charge in [0.15, 0.2) is 0 Å². The molecule has 1 amide bonds. The SMILES string of the molecule is COc1ccc(N(Cc2cccnc2)c2cccc(Cl)c2)cc1C(N)=O. The first-order valence-corrected chi connectivity index (χ1v) is 8.36. The second kappa shape index (κ2) is 7.89. The van der Waals surface area contributed by atoms with Crippen molar-refractivity contribution < 1.29 is 9.53 Å². The van der Waals surface area contributed by atoms with Crippen LogP contribution >= 0.6 is 11.6 Å². The first-order valence-electron chi connectivity index (χ1n) is 7.98. The molecule has 5 nitrogen and oxygen atoms in total. The highest BCUT2D eigenvalue weighted by atomic mass is 35.5. The number of hydrogen-bond donors (Lipinski definition) is 1. The van der Waals surface area contributed by atoms with Crippen molar-refractivity contribution in [1.29, 1.82) is 0 Å². The largest absolute Gasteiger partial charge is 0.496 e. The van der Waals surface area contributed by atoms with Crippen LogP contribution in [0.5, 0.6) is 5.75 Å². The van der Waals surface area contributed by atoms with Crippen LogP contribution in [0.4, 0.5) is 11.4 Å². The van der Waals surface area contributed by atoms with E-state index >= 15 is 0 Å². The van der Waals surface area contributed by atoms with Crippen molar-refractivity contribution in [3.63, 3.8) is 0 Å². The first kappa shape index (κ1) is 17.8. The third-order valence-corrected chi connectivity index (χ3v) is 4.18. The van der Waals surface area contributed by atoms with E-state index in [0.29, 0.717) is 22.9 Å². The molecule has 0 saturated heterocycles. The third-order valence-electron chi connectivity index (χ3n) is 3.94. The molecule has 3 rings (SSSR count). The Hall–Kier alpha value is -3.05. The minimum Gasteiger partial charge on any atom is -0.496 e. The summed E-state index contributed by atoms with van der Waals surface area (Å²) in [6.45, 7) is 0.554. The number of ether oxygens (including phenoxy) is 1. The van der Waals surface area contributed by atoms with Crippen molar-refractivity contribution in [3.05, 3.63) is 83.1 Å². The molecule has 2 N–H and O–H groups in total. The van der Waals surface area contributed by atoms with Gasteiger partial charge in [-0.15, -0.1) is 0 Å². The monoisotopic (exact) mass is 367 g/mol. The maximum absolute atomic E-state index is 11.8. The highest BCUT2D eigenvalue weighted by Crippen LogP contribution is 2.32. The van der Waals surface area contributed by atoms with Crippen LogP contribution in [0, 0.1) is 0 Å². The van der Waals surface area contributed by atoms with E-state index in [2.05, 4.69) is 4.98 Å². The van der Waals surface area contributed by atoms with Gasteiger partial charge < -0.3 is 15.4 Å². The van der Waals surface area contributed by atoms with Crippen molar-refractivity contribution in [2.24, 2.45) is 5.73 Å². The second-order valence-electron chi connectivity index (χ2n) is 5.68. The smallest absolute Gasteiger partial charge is 0.252 e. The van der Waals surface area contributed by atoms with E-state index in [9.17, 15) is 4.79 Å². The number of rotatable bonds is 6. The van der Waals surface area contributed by atoms with Crippen molar-refractivity contribution >= 4 is 28.9 Å². The fourth-order valence-corrected chi connectivity index (χ4v) is 2.89. The Morgan fingerprint density at radius 2 is 1.96 bits per heavy atom. The average molecular weight is 368 g/mol. The normalized spacial score (nSPS) is 10.4. The number of nitrogens with two attached hydrogens (primary N) is 1. The maximum Gasteiger partial charge on any atom is 0.252 e. The molecule has 0 unspecified atom stereocenters. The van der Waals surface area contributed by atoms with Crippen LogP contribution in [0.1, 0.15) is 15.9 Å². The number of carbonyl (C=O) groups excluding carboxylic acids is 1. The van der Waals surface area contributed by atoms with E-state index in [-0.39, 0.29) is 0 Å². The topological polar surface area (TPSA) is 68.4 Å². The number of methoxy groups -OCH3 is 1. The van der Waals surface area contributed by atoms with Crippen LogP contribution in [-0.4, -0.2) is 18.0 Å². The first-order chi connectivity index (χ1) is 12.6. The Balaban J connectivity index is 2.08. The molecule has 0 aliphatic carbocycles. The summed E-state index contributed by atoms with van der Waals surface area (Å²) >= 11 is 6.18. The van der Waals surface area contributed by atoms with Gasteiger partial charge in [0, 0.05) is 35.3 Å². The van der Waals surface area contributed by atoms with Gasteiger partial charge in [0.1, 0.15) is 5.75 Å². The standard InChI is InChI=1S/C20H18ClN3O2/c1-26-19-8-7-17(11-18(19)20(22)25)24(13-14-4-3-9-23-12-14)16-6-2-5-15(21)10-16/h2-12H,13H2,1H3,(H2,22,25). The van der Waals surface area contributed by atoms with E-state index in [4.69, 9.17) is 22.1 Å². The molecular formula is C20H18ClN3O2. The van der Waals surface area contributed by atoms with Crippen molar-refractivity contribution in [2.45, 2.75) is 6.54 Å². The fraction of sp³-hybridized carbons (Fsp3) is 0.100. The van der Waals surface area contributed by atoms with Crippen LogP contribution in [0.25, 0.3) is 0 Å². The van der Waals surface area contributed by atoms with Gasteiger partial charge in [-0.1, -0.05) is 23.7 Å². The summed E-state index contributed by atoms with van der Waals surface area (Å²) in [6, 6.07) is 16.7. The summed E-state index contributed by atoms with van der Waals surface area (Å²) < 4.78 is 5.23. The van der Waals surface area contributed by atoms with Gasteiger partial charge in [0.2, 0.25) is 0 Å². The van der Waals surface area contributed by atoms with Crippen molar-refractivity contribution in [1.82, 2.24) is 4.98 Å². The molecule has 0 spiro atoms. The Labute approximate surface area is 157 Å². The van der Waals surface area contributed by atoms with Gasteiger partial charge in [0.05, 0.1) is 12.7 Å². The lowest BCUT2D eigenvalue weighted by atomic mass is 10.1. The average Bonchev–Trinajstić information content (AvgIpc) is 2.66. The molecule has 0 aliphatic heterocycles. The van der Waals surface area contributed by atoms with E-state index in [1.807, 2.05) is 47.4 Å². The van der Waals surface area contributed by atoms with Gasteiger partial charge in [-0.2, -0.15) is 0 Å². The summed E-state index contributed by atoms with van der Waals surface area (Å²) in [4.78, 5) is 18.0. The molecule has 0 atom stereocenters. The van der Waals surface area contributed by atoms with E-state index in [0.717, 1.165) is 16.9 Å². The number of anilines is 2. The zero-order valence-corrected chi connectivity index (χ0v) is 15.0. The van der Waals surface area contributed by atoms with Gasteiger partial charge in [0.25, 0.3) is 5.91 Å². The Bertz CT molecular complexity index is 916. The number of hydrogen-bond acceptors (Lipinski definition) is 4. The van der Waals surface area contributed by atoms with Crippen LogP contribution in [0.2, 0.25) is 5.02 Å². The summed E-state index contributed by atoms with van der Waals surface area (Å²) in [6.07, 6.45) is 3.53. The number of nitrogens with zero attached hydrogens (tertiary/aromatic N) is 2. The Morgan fingerprint density at radius 1 is 1.15 bits per heavy atom. The number of benzene rings is 2. The van der Waals surface area contributed by atoms with Crippen LogP contribution in [0.3, 0.4) is 0 Å². The van der Waals surface area contributed by atoms with Gasteiger partial charge >= 0.3 is 0 Å². The molecule has 0 saturated carbocycles. The predicted octanol–water partition coefficient (Wildman–Crippen LogP) is 4.18.